The Kier molecular flexibility index (Phi) is 10.5. The number of carbonyl (C=O) groups is 1. The maximum Gasteiger partial charge on any atom is 0.347 e. The third-order valence-electron chi connectivity index (χ3n) is 6.35. The molecule has 33 heavy (non-hydrogen) atoms. The van der Waals surface area contributed by atoms with Crippen LogP contribution in [0.3, 0.4) is 0 Å². The summed E-state index contributed by atoms with van der Waals surface area (Å²) in [6.45, 7) is 4.48. The topological polar surface area (TPSA) is 35.5 Å². The predicted molar refractivity (Wildman–Crippen MR) is 139 cm³/mol. The molecule has 3 nitrogen and oxygen atoms in total. The Labute approximate surface area is 199 Å². The summed E-state index contributed by atoms with van der Waals surface area (Å²) < 4.78 is 11.6. The molecule has 178 valence electrons. The van der Waals surface area contributed by atoms with E-state index < -0.39 is 6.10 Å². The molecule has 0 saturated heterocycles. The zero-order valence-corrected chi connectivity index (χ0v) is 20.5. The smallest absolute Gasteiger partial charge is 0.347 e. The molecule has 0 aromatic heterocycles. The van der Waals surface area contributed by atoms with Gasteiger partial charge in [-0.1, -0.05) is 101 Å². The molecule has 0 radical (unpaired) electrons. The number of esters is 1. The molecule has 1 unspecified atom stereocenters. The number of benzene rings is 3. The summed E-state index contributed by atoms with van der Waals surface area (Å²) in [6.07, 6.45) is 12.8. The van der Waals surface area contributed by atoms with Crippen LogP contribution in [0.1, 0.15) is 84.5 Å². The Morgan fingerprint density at radius 3 is 2.00 bits per heavy atom. The van der Waals surface area contributed by atoms with Gasteiger partial charge in [0.15, 0.2) is 6.10 Å². The molecule has 0 aliphatic heterocycles. The minimum absolute atomic E-state index is 0.258. The van der Waals surface area contributed by atoms with E-state index in [1.807, 2.05) is 25.1 Å². The second-order valence-corrected chi connectivity index (χ2v) is 9.01. The van der Waals surface area contributed by atoms with Gasteiger partial charge in [0, 0.05) is 5.39 Å². The normalized spacial score (nSPS) is 12.2. The maximum atomic E-state index is 12.6. The molecular formula is C30H40O3. The lowest BCUT2D eigenvalue weighted by atomic mass is 10.0. The van der Waals surface area contributed by atoms with Crippen LogP contribution in [0.2, 0.25) is 0 Å². The van der Waals surface area contributed by atoms with E-state index in [4.69, 9.17) is 9.47 Å². The standard InChI is InChI=1S/C30H40O3/c1-3-5-6-7-8-9-10-11-12-13-20-29(30(31)32-4-2)33-28-21-16-19-26-22-24-17-14-15-18-25(24)23-27(26)28/h14-19,21-23,29H,3-13,20H2,1-2H3. The van der Waals surface area contributed by atoms with Crippen LogP contribution >= 0.6 is 0 Å². The van der Waals surface area contributed by atoms with Gasteiger partial charge in [0.25, 0.3) is 0 Å². The van der Waals surface area contributed by atoms with E-state index in [9.17, 15) is 4.79 Å². The first-order valence-corrected chi connectivity index (χ1v) is 13.0. The van der Waals surface area contributed by atoms with Crippen LogP contribution in [-0.2, 0) is 9.53 Å². The highest BCUT2D eigenvalue weighted by Gasteiger charge is 2.22. The fourth-order valence-electron chi connectivity index (χ4n) is 4.47. The van der Waals surface area contributed by atoms with E-state index in [0.29, 0.717) is 13.0 Å². The summed E-state index contributed by atoms with van der Waals surface area (Å²) in [5.41, 5.74) is 0. The second-order valence-electron chi connectivity index (χ2n) is 9.01. The monoisotopic (exact) mass is 448 g/mol. The zero-order chi connectivity index (χ0) is 23.3. The number of fused-ring (bicyclic) bond motifs is 2. The highest BCUT2D eigenvalue weighted by atomic mass is 16.6. The number of unbranched alkanes of at least 4 members (excludes halogenated alkanes) is 9. The van der Waals surface area contributed by atoms with Crippen LogP contribution in [0.15, 0.2) is 54.6 Å². The van der Waals surface area contributed by atoms with E-state index in [1.54, 1.807) is 0 Å². The van der Waals surface area contributed by atoms with E-state index in [2.05, 4.69) is 43.3 Å². The van der Waals surface area contributed by atoms with Gasteiger partial charge < -0.3 is 9.47 Å². The fraction of sp³-hybridized carbons (Fsp3) is 0.500. The lowest BCUT2D eigenvalue weighted by Crippen LogP contribution is -2.29. The van der Waals surface area contributed by atoms with Crippen molar-refractivity contribution in [2.45, 2.75) is 90.6 Å². The summed E-state index contributed by atoms with van der Waals surface area (Å²) in [6, 6.07) is 18.7. The SMILES string of the molecule is CCCCCCCCCCCCC(Oc1cccc2cc3ccccc3cc12)C(=O)OCC. The second kappa shape index (κ2) is 13.9. The van der Waals surface area contributed by atoms with E-state index in [0.717, 1.165) is 29.4 Å². The van der Waals surface area contributed by atoms with Gasteiger partial charge in [-0.15, -0.1) is 0 Å². The Bertz CT molecular complexity index is 994. The first kappa shape index (κ1) is 25.1. The average molecular weight is 449 g/mol. The molecule has 0 amide bonds. The van der Waals surface area contributed by atoms with Crippen LogP contribution in [-0.4, -0.2) is 18.7 Å². The van der Waals surface area contributed by atoms with Gasteiger partial charge in [0.05, 0.1) is 6.61 Å². The maximum absolute atomic E-state index is 12.6. The Morgan fingerprint density at radius 1 is 0.727 bits per heavy atom. The van der Waals surface area contributed by atoms with Crippen molar-refractivity contribution < 1.29 is 14.3 Å². The highest BCUT2D eigenvalue weighted by molar-refractivity contribution is 6.01. The fourth-order valence-corrected chi connectivity index (χ4v) is 4.47. The minimum atomic E-state index is -0.559. The Morgan fingerprint density at radius 2 is 1.33 bits per heavy atom. The third-order valence-corrected chi connectivity index (χ3v) is 6.35. The summed E-state index contributed by atoms with van der Waals surface area (Å²) in [5, 5.41) is 4.53. The summed E-state index contributed by atoms with van der Waals surface area (Å²) >= 11 is 0. The van der Waals surface area contributed by atoms with Gasteiger partial charge in [-0.05, 0) is 54.1 Å². The van der Waals surface area contributed by atoms with Gasteiger partial charge in [0.2, 0.25) is 0 Å². The van der Waals surface area contributed by atoms with Gasteiger partial charge in [0.1, 0.15) is 5.75 Å². The van der Waals surface area contributed by atoms with Crippen LogP contribution in [0.4, 0.5) is 0 Å². The molecule has 3 rings (SSSR count). The summed E-state index contributed by atoms with van der Waals surface area (Å²) in [4.78, 5) is 12.6. The average Bonchev–Trinajstić information content (AvgIpc) is 2.83. The molecule has 0 aliphatic carbocycles. The molecule has 0 heterocycles. The van der Waals surface area contributed by atoms with E-state index in [1.165, 1.54) is 62.1 Å². The number of rotatable bonds is 15. The minimum Gasteiger partial charge on any atom is -0.478 e. The third kappa shape index (κ3) is 7.77. The molecule has 0 aliphatic rings. The van der Waals surface area contributed by atoms with Crippen molar-refractivity contribution in [3.05, 3.63) is 54.6 Å². The molecule has 3 aromatic carbocycles. The number of ether oxygens (including phenoxy) is 2. The van der Waals surface area contributed by atoms with Gasteiger partial charge >= 0.3 is 5.97 Å². The molecule has 0 spiro atoms. The number of carbonyl (C=O) groups excluding carboxylic acids is 1. The summed E-state index contributed by atoms with van der Waals surface area (Å²) in [5.74, 6) is 0.495. The quantitative estimate of drug-likeness (QED) is 0.133. The zero-order valence-electron chi connectivity index (χ0n) is 20.5. The summed E-state index contributed by atoms with van der Waals surface area (Å²) in [7, 11) is 0. The molecule has 0 saturated carbocycles. The van der Waals surface area contributed by atoms with Crippen LogP contribution < -0.4 is 4.74 Å². The van der Waals surface area contributed by atoms with Crippen molar-refractivity contribution in [1.82, 2.24) is 0 Å². The lowest BCUT2D eigenvalue weighted by molar-refractivity contribution is -0.151. The predicted octanol–water partition coefficient (Wildman–Crippen LogP) is 8.61. The van der Waals surface area contributed by atoms with Gasteiger partial charge in [-0.3, -0.25) is 0 Å². The van der Waals surface area contributed by atoms with Crippen molar-refractivity contribution in [1.29, 1.82) is 0 Å². The first-order valence-electron chi connectivity index (χ1n) is 13.0. The van der Waals surface area contributed by atoms with Crippen molar-refractivity contribution in [2.75, 3.05) is 6.61 Å². The van der Waals surface area contributed by atoms with E-state index in [-0.39, 0.29) is 5.97 Å². The molecule has 0 bridgehead atoms. The molecule has 0 fully saturated rings. The van der Waals surface area contributed by atoms with Crippen molar-refractivity contribution >= 4 is 27.5 Å². The number of hydrogen-bond donors (Lipinski definition) is 0. The lowest BCUT2D eigenvalue weighted by Gasteiger charge is -2.19. The molecule has 3 aromatic rings. The molecule has 3 heteroatoms. The van der Waals surface area contributed by atoms with Crippen molar-refractivity contribution in [2.24, 2.45) is 0 Å². The largest absolute Gasteiger partial charge is 0.478 e. The van der Waals surface area contributed by atoms with Gasteiger partial charge in [-0.2, -0.15) is 0 Å². The van der Waals surface area contributed by atoms with Crippen LogP contribution in [0.5, 0.6) is 5.75 Å². The number of hydrogen-bond acceptors (Lipinski definition) is 3. The highest BCUT2D eigenvalue weighted by Crippen LogP contribution is 2.31. The van der Waals surface area contributed by atoms with Crippen molar-refractivity contribution in [3.63, 3.8) is 0 Å². The van der Waals surface area contributed by atoms with Crippen molar-refractivity contribution in [3.8, 4) is 5.75 Å². The first-order chi connectivity index (χ1) is 16.2. The molecule has 0 N–H and O–H groups in total. The Balaban J connectivity index is 1.57. The molecular weight excluding hydrogens is 408 g/mol. The Hall–Kier alpha value is -2.55. The van der Waals surface area contributed by atoms with E-state index >= 15 is 0 Å². The van der Waals surface area contributed by atoms with Crippen LogP contribution in [0.25, 0.3) is 21.5 Å². The van der Waals surface area contributed by atoms with Crippen LogP contribution in [0, 0.1) is 0 Å². The molecule has 1 atom stereocenters. The van der Waals surface area contributed by atoms with Gasteiger partial charge in [-0.25, -0.2) is 4.79 Å².